The van der Waals surface area contributed by atoms with E-state index in [0.717, 1.165) is 22.3 Å². The topological polar surface area (TPSA) is 90.1 Å². The molecule has 1 aromatic heterocycles. The number of hydrogen-bond acceptors (Lipinski definition) is 5. The predicted molar refractivity (Wildman–Crippen MR) is 120 cm³/mol. The number of hydrogen-bond donors (Lipinski definition) is 0. The molecule has 0 spiro atoms. The predicted octanol–water partition coefficient (Wildman–Crippen LogP) is 5.21. The second-order valence-electron chi connectivity index (χ2n) is 7.09. The van der Waals surface area contributed by atoms with Crippen LogP contribution in [0.15, 0.2) is 77.9 Å². The van der Waals surface area contributed by atoms with Gasteiger partial charge in [0.15, 0.2) is 5.71 Å². The van der Waals surface area contributed by atoms with Crippen LogP contribution in [-0.4, -0.2) is 15.7 Å². The van der Waals surface area contributed by atoms with Gasteiger partial charge in [-0.2, -0.15) is 17.1 Å². The summed E-state index contributed by atoms with van der Waals surface area (Å²) in [6.45, 7) is 7.26. The molecule has 146 valence electrons. The van der Waals surface area contributed by atoms with E-state index in [0.29, 0.717) is 39.6 Å². The van der Waals surface area contributed by atoms with Crippen LogP contribution in [0.1, 0.15) is 22.4 Å². The molecule has 0 radical (unpaired) electrons. The summed E-state index contributed by atoms with van der Waals surface area (Å²) in [5.41, 5.74) is 7.38. The summed E-state index contributed by atoms with van der Waals surface area (Å²) in [4.78, 5) is 13.1. The van der Waals surface area contributed by atoms with Gasteiger partial charge in [0.2, 0.25) is 0 Å². The minimum atomic E-state index is 0.499. The van der Waals surface area contributed by atoms with Crippen LogP contribution in [0.4, 0.5) is 0 Å². The van der Waals surface area contributed by atoms with E-state index in [1.54, 1.807) is 24.3 Å². The number of nitrogens with zero attached hydrogens (tertiary/aromatic N) is 6. The molecule has 0 amide bonds. The van der Waals surface area contributed by atoms with Crippen molar-refractivity contribution in [1.82, 2.24) is 9.97 Å². The summed E-state index contributed by atoms with van der Waals surface area (Å²) in [5, 5.41) is 22.3. The smallest absolute Gasteiger partial charge is 0.181 e. The maximum atomic E-state index is 9.16. The lowest BCUT2D eigenvalue weighted by Gasteiger charge is -2.12. The van der Waals surface area contributed by atoms with Gasteiger partial charge in [-0.1, -0.05) is 48.5 Å². The molecule has 32 heavy (non-hydrogen) atoms. The van der Waals surface area contributed by atoms with Crippen LogP contribution < -0.4 is 0 Å². The zero-order valence-electron chi connectivity index (χ0n) is 16.6. The molecular formula is C26H12N6. The summed E-state index contributed by atoms with van der Waals surface area (Å²) in [5.74, 6) is 0. The number of aromatic nitrogens is 2. The van der Waals surface area contributed by atoms with E-state index in [2.05, 4.69) is 22.2 Å². The third-order valence-electron chi connectivity index (χ3n) is 5.28. The van der Waals surface area contributed by atoms with E-state index >= 15 is 0 Å². The number of rotatable bonds is 2. The lowest BCUT2D eigenvalue weighted by Crippen LogP contribution is -2.04. The SMILES string of the molecule is [C-]#[N+]/N=C1/c2ccccc2-c2nc(-c3ccc(C#N)cc3)c(-c3ccc(C#N)cc3)nc21. The Balaban J connectivity index is 1.81. The Hall–Kier alpha value is -5.12. The lowest BCUT2D eigenvalue weighted by molar-refractivity contribution is 1.20. The van der Waals surface area contributed by atoms with Crippen molar-refractivity contribution < 1.29 is 0 Å². The van der Waals surface area contributed by atoms with Gasteiger partial charge in [-0.3, -0.25) is 0 Å². The highest BCUT2D eigenvalue weighted by molar-refractivity contribution is 6.23. The van der Waals surface area contributed by atoms with E-state index in [9.17, 15) is 0 Å². The largest absolute Gasteiger partial charge is 0.243 e. The summed E-state index contributed by atoms with van der Waals surface area (Å²) in [6.07, 6.45) is 0. The van der Waals surface area contributed by atoms with Crippen molar-refractivity contribution in [3.63, 3.8) is 0 Å². The minimum Gasteiger partial charge on any atom is -0.243 e. The molecule has 6 nitrogen and oxygen atoms in total. The van der Waals surface area contributed by atoms with Gasteiger partial charge in [0, 0.05) is 22.3 Å². The van der Waals surface area contributed by atoms with Crippen LogP contribution in [0, 0.1) is 29.2 Å². The first-order valence-electron chi connectivity index (χ1n) is 9.71. The van der Waals surface area contributed by atoms with Gasteiger partial charge in [-0.05, 0) is 24.3 Å². The number of fused-ring (bicyclic) bond motifs is 3. The molecule has 0 fully saturated rings. The maximum absolute atomic E-state index is 9.16. The van der Waals surface area contributed by atoms with Gasteiger partial charge in [0.05, 0.1) is 45.4 Å². The fraction of sp³-hybridized carbons (Fsp3) is 0. The standard InChI is InChI=1S/C26H12N6/c1-29-32-25-21-5-3-2-4-20(21)24-26(25)31-23(19-12-8-17(15-28)9-13-19)22(30-24)18-10-6-16(14-27)7-11-18/h2-13H/b32-25-. The molecule has 6 heteroatoms. The van der Waals surface area contributed by atoms with Gasteiger partial charge in [0.25, 0.3) is 0 Å². The maximum Gasteiger partial charge on any atom is 0.181 e. The molecule has 1 aliphatic carbocycles. The molecule has 0 aliphatic heterocycles. The zero-order chi connectivity index (χ0) is 22.1. The van der Waals surface area contributed by atoms with Gasteiger partial charge >= 0.3 is 0 Å². The average molecular weight is 408 g/mol. The minimum absolute atomic E-state index is 0.499. The summed E-state index contributed by atoms with van der Waals surface area (Å²) >= 11 is 0. The third kappa shape index (κ3) is 2.99. The molecule has 0 atom stereocenters. The first-order valence-corrected chi connectivity index (χ1v) is 9.71. The molecule has 3 aromatic carbocycles. The molecule has 5 rings (SSSR count). The van der Waals surface area contributed by atoms with E-state index in [4.69, 9.17) is 27.1 Å². The van der Waals surface area contributed by atoms with Crippen molar-refractivity contribution in [2.75, 3.05) is 0 Å². The Morgan fingerprint density at radius 3 is 1.66 bits per heavy atom. The molecule has 1 heterocycles. The van der Waals surface area contributed by atoms with E-state index in [1.807, 2.05) is 48.5 Å². The molecular weight excluding hydrogens is 396 g/mol. The molecule has 0 bridgehead atoms. The summed E-state index contributed by atoms with van der Waals surface area (Å²) in [6, 6.07) is 26.2. The number of benzene rings is 3. The Labute approximate surface area is 184 Å². The Morgan fingerprint density at radius 1 is 0.656 bits per heavy atom. The van der Waals surface area contributed by atoms with E-state index in [1.165, 1.54) is 0 Å². The normalized spacial score (nSPS) is 12.3. The summed E-state index contributed by atoms with van der Waals surface area (Å²) < 4.78 is 0. The molecule has 0 N–H and O–H groups in total. The van der Waals surface area contributed by atoms with Crippen LogP contribution in [0.5, 0.6) is 0 Å². The Morgan fingerprint density at radius 2 is 1.16 bits per heavy atom. The Kier molecular flexibility index (Phi) is 4.49. The first-order chi connectivity index (χ1) is 15.7. The van der Waals surface area contributed by atoms with Gasteiger partial charge in [-0.15, -0.1) is 4.95 Å². The Bertz CT molecular complexity index is 1530. The molecule has 4 aromatic rings. The second kappa shape index (κ2) is 7.61. The van der Waals surface area contributed by atoms with Crippen LogP contribution in [0.3, 0.4) is 0 Å². The fourth-order valence-electron chi connectivity index (χ4n) is 3.77. The zero-order valence-corrected chi connectivity index (χ0v) is 16.6. The van der Waals surface area contributed by atoms with Crippen molar-refractivity contribution in [2.45, 2.75) is 0 Å². The van der Waals surface area contributed by atoms with Crippen LogP contribution in [0.25, 0.3) is 38.7 Å². The molecule has 0 unspecified atom stereocenters. The highest BCUT2D eigenvalue weighted by Crippen LogP contribution is 2.39. The van der Waals surface area contributed by atoms with Crippen molar-refractivity contribution in [3.05, 3.63) is 107 Å². The lowest BCUT2D eigenvalue weighted by atomic mass is 10.0. The fourth-order valence-corrected chi connectivity index (χ4v) is 3.77. The first kappa shape index (κ1) is 18.9. The van der Waals surface area contributed by atoms with Crippen molar-refractivity contribution >= 4 is 5.71 Å². The number of nitriles is 2. The van der Waals surface area contributed by atoms with Gasteiger partial charge in [-0.25, -0.2) is 9.97 Å². The van der Waals surface area contributed by atoms with E-state index in [-0.39, 0.29) is 0 Å². The highest BCUT2D eigenvalue weighted by atomic mass is 15.2. The highest BCUT2D eigenvalue weighted by Gasteiger charge is 2.31. The molecule has 0 saturated carbocycles. The van der Waals surface area contributed by atoms with Crippen molar-refractivity contribution in [1.29, 1.82) is 10.5 Å². The van der Waals surface area contributed by atoms with Crippen molar-refractivity contribution in [3.8, 4) is 45.9 Å². The molecule has 1 aliphatic rings. The van der Waals surface area contributed by atoms with Gasteiger partial charge in [0.1, 0.15) is 5.69 Å². The summed E-state index contributed by atoms with van der Waals surface area (Å²) in [7, 11) is 0. The monoisotopic (exact) mass is 408 g/mol. The van der Waals surface area contributed by atoms with Crippen LogP contribution in [0.2, 0.25) is 0 Å². The second-order valence-corrected chi connectivity index (χ2v) is 7.09. The van der Waals surface area contributed by atoms with Crippen LogP contribution in [-0.2, 0) is 0 Å². The molecule has 0 saturated heterocycles. The van der Waals surface area contributed by atoms with Crippen molar-refractivity contribution in [2.24, 2.45) is 5.10 Å². The van der Waals surface area contributed by atoms with Crippen LogP contribution >= 0.6 is 0 Å². The van der Waals surface area contributed by atoms with E-state index < -0.39 is 0 Å². The average Bonchev–Trinajstić information content (AvgIpc) is 3.16. The third-order valence-corrected chi connectivity index (χ3v) is 5.28. The van der Waals surface area contributed by atoms with Gasteiger partial charge < -0.3 is 0 Å². The quantitative estimate of drug-likeness (QED) is 0.296.